The highest BCUT2D eigenvalue weighted by molar-refractivity contribution is 5.91. The van der Waals surface area contributed by atoms with Gasteiger partial charge in [-0.25, -0.2) is 0 Å². The van der Waals surface area contributed by atoms with Crippen LogP contribution < -0.4 is 15.0 Å². The van der Waals surface area contributed by atoms with Crippen LogP contribution in [0.2, 0.25) is 0 Å². The van der Waals surface area contributed by atoms with E-state index in [1.165, 1.54) is 12.1 Å². The van der Waals surface area contributed by atoms with E-state index in [9.17, 15) is 22.8 Å². The number of piperazine rings is 1. The van der Waals surface area contributed by atoms with Gasteiger partial charge in [-0.2, -0.15) is 0 Å². The van der Waals surface area contributed by atoms with Crippen LogP contribution in [-0.4, -0.2) is 55.8 Å². The highest BCUT2D eigenvalue weighted by Gasteiger charge is 2.42. The summed E-state index contributed by atoms with van der Waals surface area (Å²) in [4.78, 5) is 27.3. The number of hydrogen-bond donors (Lipinski definition) is 2. The number of carbonyl (C=O) groups is 2. The second kappa shape index (κ2) is 7.75. The molecule has 0 bridgehead atoms. The molecule has 2 aliphatic rings. The van der Waals surface area contributed by atoms with Crippen molar-refractivity contribution in [2.75, 3.05) is 38.0 Å². The van der Waals surface area contributed by atoms with Gasteiger partial charge in [0.25, 0.3) is 5.91 Å². The van der Waals surface area contributed by atoms with E-state index in [1.54, 1.807) is 0 Å². The number of rotatable bonds is 5. The van der Waals surface area contributed by atoms with E-state index < -0.39 is 6.36 Å². The van der Waals surface area contributed by atoms with Gasteiger partial charge in [-0.1, -0.05) is 6.92 Å². The Hall–Kier alpha value is -2.29. The van der Waals surface area contributed by atoms with E-state index >= 15 is 0 Å². The minimum absolute atomic E-state index is 0.180. The molecule has 1 aromatic carbocycles. The summed E-state index contributed by atoms with van der Waals surface area (Å²) >= 11 is 0. The first kappa shape index (κ1) is 19.5. The topological polar surface area (TPSA) is 63.1 Å². The Labute approximate surface area is 155 Å². The molecule has 9 heteroatoms. The van der Waals surface area contributed by atoms with Crippen LogP contribution >= 0.6 is 0 Å². The number of carbonyl (C=O) groups excluding carboxylic acids is 2. The number of quaternary nitrogens is 1. The summed E-state index contributed by atoms with van der Waals surface area (Å²) in [6.45, 7) is 5.04. The SMILES string of the molecule is C[C@@H]1C[C@@H]1C(=O)N1CC[NH+](CC(=O)Nc2ccc(OC(F)(F)F)cc2)CC1. The quantitative estimate of drug-likeness (QED) is 0.791. The number of hydrogen-bond acceptors (Lipinski definition) is 3. The van der Waals surface area contributed by atoms with Crippen molar-refractivity contribution in [1.29, 1.82) is 0 Å². The molecule has 148 valence electrons. The van der Waals surface area contributed by atoms with Crippen molar-refractivity contribution in [3.8, 4) is 5.75 Å². The number of alkyl halides is 3. The van der Waals surface area contributed by atoms with Gasteiger partial charge in [0.2, 0.25) is 5.91 Å². The molecule has 2 N–H and O–H groups in total. The number of nitrogens with one attached hydrogen (secondary N) is 2. The Morgan fingerprint density at radius 1 is 1.22 bits per heavy atom. The summed E-state index contributed by atoms with van der Waals surface area (Å²) in [5.74, 6) is 0.342. The molecule has 1 heterocycles. The van der Waals surface area contributed by atoms with Gasteiger partial charge >= 0.3 is 6.36 Å². The van der Waals surface area contributed by atoms with Crippen LogP contribution in [-0.2, 0) is 9.59 Å². The maximum absolute atomic E-state index is 12.2. The number of nitrogens with zero attached hydrogens (tertiary/aromatic N) is 1. The molecule has 2 amide bonds. The van der Waals surface area contributed by atoms with Crippen LogP contribution in [0.3, 0.4) is 0 Å². The molecule has 1 aliphatic carbocycles. The average Bonchev–Trinajstić information content (AvgIpc) is 3.32. The molecule has 1 aromatic rings. The van der Waals surface area contributed by atoms with E-state index in [2.05, 4.69) is 17.0 Å². The average molecular weight is 386 g/mol. The molecule has 0 unspecified atom stereocenters. The molecule has 0 aromatic heterocycles. The summed E-state index contributed by atoms with van der Waals surface area (Å²) in [5.41, 5.74) is 0.408. The molecular formula is C18H23F3N3O3+. The van der Waals surface area contributed by atoms with Crippen molar-refractivity contribution in [3.63, 3.8) is 0 Å². The molecule has 2 atom stereocenters. The summed E-state index contributed by atoms with van der Waals surface area (Å²) in [6, 6.07) is 5.03. The first-order valence-corrected chi connectivity index (χ1v) is 8.99. The van der Waals surface area contributed by atoms with Crippen molar-refractivity contribution >= 4 is 17.5 Å². The summed E-state index contributed by atoms with van der Waals surface area (Å²) in [7, 11) is 0. The molecule has 3 rings (SSSR count). The lowest BCUT2D eigenvalue weighted by Gasteiger charge is -2.32. The van der Waals surface area contributed by atoms with Gasteiger partial charge in [0, 0.05) is 11.6 Å². The lowest BCUT2D eigenvalue weighted by molar-refractivity contribution is -0.895. The molecule has 0 spiro atoms. The zero-order valence-corrected chi connectivity index (χ0v) is 15.0. The minimum atomic E-state index is -4.74. The molecular weight excluding hydrogens is 363 g/mol. The summed E-state index contributed by atoms with van der Waals surface area (Å²) in [6.07, 6.45) is -3.77. The number of ether oxygens (including phenoxy) is 1. The first-order valence-electron chi connectivity index (χ1n) is 8.99. The molecule has 1 aliphatic heterocycles. The van der Waals surface area contributed by atoms with Crippen molar-refractivity contribution in [1.82, 2.24) is 4.90 Å². The maximum Gasteiger partial charge on any atom is 0.573 e. The van der Waals surface area contributed by atoms with Crippen LogP contribution in [0.25, 0.3) is 0 Å². The Kier molecular flexibility index (Phi) is 5.59. The standard InChI is InChI=1S/C18H22F3N3O3/c1-12-10-15(12)17(26)24-8-6-23(7-9-24)11-16(25)22-13-2-4-14(5-3-13)27-18(19,20)21/h2-5,12,15H,6-11H2,1H3,(H,22,25)/p+1/t12-,15+/m1/s1. The van der Waals surface area contributed by atoms with Gasteiger partial charge in [-0.15, -0.1) is 13.2 Å². The summed E-state index contributed by atoms with van der Waals surface area (Å²) < 4.78 is 40.2. The van der Waals surface area contributed by atoms with Gasteiger partial charge in [0.1, 0.15) is 5.75 Å². The Morgan fingerprint density at radius 2 is 1.81 bits per heavy atom. The van der Waals surface area contributed by atoms with Gasteiger partial charge in [0.15, 0.2) is 6.54 Å². The highest BCUT2D eigenvalue weighted by Crippen LogP contribution is 2.39. The fourth-order valence-electron chi connectivity index (χ4n) is 3.29. The number of amides is 2. The van der Waals surface area contributed by atoms with E-state index in [4.69, 9.17) is 0 Å². The predicted octanol–water partition coefficient (Wildman–Crippen LogP) is 0.907. The Balaban J connectivity index is 1.41. The Morgan fingerprint density at radius 3 is 2.33 bits per heavy atom. The van der Waals surface area contributed by atoms with Crippen LogP contribution in [0.5, 0.6) is 5.75 Å². The third kappa shape index (κ3) is 5.59. The fourth-order valence-corrected chi connectivity index (χ4v) is 3.29. The summed E-state index contributed by atoms with van der Waals surface area (Å²) in [5, 5.41) is 2.67. The lowest BCUT2D eigenvalue weighted by atomic mass is 10.2. The number of anilines is 1. The van der Waals surface area contributed by atoms with Gasteiger partial charge in [0.05, 0.1) is 26.2 Å². The van der Waals surface area contributed by atoms with E-state index in [1.807, 2.05) is 4.90 Å². The van der Waals surface area contributed by atoms with Crippen LogP contribution in [0.4, 0.5) is 18.9 Å². The maximum atomic E-state index is 12.2. The van der Waals surface area contributed by atoms with E-state index in [0.717, 1.165) is 23.5 Å². The van der Waals surface area contributed by atoms with Crippen LogP contribution in [0.15, 0.2) is 24.3 Å². The number of benzene rings is 1. The van der Waals surface area contributed by atoms with Crippen LogP contribution in [0, 0.1) is 11.8 Å². The Bertz CT molecular complexity index is 685. The smallest absolute Gasteiger partial charge is 0.406 e. The lowest BCUT2D eigenvalue weighted by Crippen LogP contribution is -3.15. The van der Waals surface area contributed by atoms with Crippen molar-refractivity contribution in [2.24, 2.45) is 11.8 Å². The zero-order chi connectivity index (χ0) is 19.6. The van der Waals surface area contributed by atoms with Gasteiger partial charge in [-0.05, 0) is 36.6 Å². The van der Waals surface area contributed by atoms with Crippen molar-refractivity contribution < 1.29 is 32.4 Å². The highest BCUT2D eigenvalue weighted by atomic mass is 19.4. The second-order valence-electron chi connectivity index (χ2n) is 7.19. The van der Waals surface area contributed by atoms with Crippen molar-refractivity contribution in [2.45, 2.75) is 19.7 Å². The third-order valence-electron chi connectivity index (χ3n) is 4.99. The number of halogens is 3. The second-order valence-corrected chi connectivity index (χ2v) is 7.19. The van der Waals surface area contributed by atoms with Gasteiger partial charge < -0.3 is 19.9 Å². The predicted molar refractivity (Wildman–Crippen MR) is 91.2 cm³/mol. The van der Waals surface area contributed by atoms with Crippen LogP contribution in [0.1, 0.15) is 13.3 Å². The van der Waals surface area contributed by atoms with E-state index in [-0.39, 0.29) is 30.0 Å². The third-order valence-corrected chi connectivity index (χ3v) is 4.99. The first-order chi connectivity index (χ1) is 12.7. The van der Waals surface area contributed by atoms with Crippen molar-refractivity contribution in [3.05, 3.63) is 24.3 Å². The van der Waals surface area contributed by atoms with Gasteiger partial charge in [-0.3, -0.25) is 9.59 Å². The molecule has 0 radical (unpaired) electrons. The minimum Gasteiger partial charge on any atom is -0.406 e. The monoisotopic (exact) mass is 386 g/mol. The molecule has 1 saturated carbocycles. The molecule has 27 heavy (non-hydrogen) atoms. The largest absolute Gasteiger partial charge is 0.573 e. The fraction of sp³-hybridized carbons (Fsp3) is 0.556. The zero-order valence-electron chi connectivity index (χ0n) is 15.0. The molecule has 2 fully saturated rings. The molecule has 6 nitrogen and oxygen atoms in total. The normalized spacial score (nSPS) is 23.0. The van der Waals surface area contributed by atoms with E-state index in [0.29, 0.717) is 37.8 Å². The molecule has 1 saturated heterocycles.